The molecule has 0 atom stereocenters. The number of fused-ring (bicyclic) bond motifs is 1. The Hall–Kier alpha value is -2.88. The second-order valence-corrected chi connectivity index (χ2v) is 8.27. The molecule has 0 aliphatic rings. The molecule has 0 amide bonds. The number of aromatic nitrogens is 2. The molecule has 0 N–H and O–H groups in total. The molecule has 0 fully saturated rings. The van der Waals surface area contributed by atoms with Crippen LogP contribution in [0, 0.1) is 0 Å². The maximum absolute atomic E-state index is 13.1. The van der Waals surface area contributed by atoms with Gasteiger partial charge in [-0.1, -0.05) is 5.16 Å². The summed E-state index contributed by atoms with van der Waals surface area (Å²) >= 11 is 1.41. The monoisotopic (exact) mass is 425 g/mol. The fourth-order valence-electron chi connectivity index (χ4n) is 2.62. The first-order valence-electron chi connectivity index (χ1n) is 8.53. The lowest BCUT2D eigenvalue weighted by Gasteiger charge is -2.15. The number of alkyl halides is 3. The van der Waals surface area contributed by atoms with Crippen LogP contribution in [0.1, 0.15) is 26.5 Å². The highest BCUT2D eigenvalue weighted by Crippen LogP contribution is 2.27. The SMILES string of the molecule is Cn1c(C(F)(F)F)cc(=O)n(-c2ccc3scc/c(=N\OC(C)(C)C)c3c2)c1=O. The topological polar surface area (TPSA) is 65.6 Å². The van der Waals surface area contributed by atoms with Gasteiger partial charge < -0.3 is 4.84 Å². The summed E-state index contributed by atoms with van der Waals surface area (Å²) in [5.41, 5.74) is -3.84. The van der Waals surface area contributed by atoms with Gasteiger partial charge in [0.2, 0.25) is 0 Å². The highest BCUT2D eigenvalue weighted by molar-refractivity contribution is 7.16. The van der Waals surface area contributed by atoms with Crippen LogP contribution >= 0.6 is 11.3 Å². The molecule has 1 aromatic carbocycles. The Balaban J connectivity index is 2.26. The van der Waals surface area contributed by atoms with Gasteiger partial charge in [-0.3, -0.25) is 9.36 Å². The molecule has 154 valence electrons. The third kappa shape index (κ3) is 4.26. The van der Waals surface area contributed by atoms with Crippen LogP contribution in [0.5, 0.6) is 0 Å². The molecule has 10 heteroatoms. The van der Waals surface area contributed by atoms with Crippen LogP contribution in [0.2, 0.25) is 0 Å². The zero-order chi connectivity index (χ0) is 21.6. The molecular formula is C19H18F3N3O3S. The van der Waals surface area contributed by atoms with Crippen LogP contribution in [0.4, 0.5) is 13.2 Å². The van der Waals surface area contributed by atoms with E-state index in [0.29, 0.717) is 25.9 Å². The highest BCUT2D eigenvalue weighted by atomic mass is 32.1. The van der Waals surface area contributed by atoms with E-state index in [9.17, 15) is 22.8 Å². The van der Waals surface area contributed by atoms with Crippen molar-refractivity contribution in [3.05, 3.63) is 67.6 Å². The lowest BCUT2D eigenvalue weighted by molar-refractivity contribution is -0.144. The lowest BCUT2D eigenvalue weighted by Crippen LogP contribution is -2.40. The van der Waals surface area contributed by atoms with E-state index in [2.05, 4.69) is 5.16 Å². The van der Waals surface area contributed by atoms with Crippen LogP contribution in [0.25, 0.3) is 15.8 Å². The van der Waals surface area contributed by atoms with E-state index in [0.717, 1.165) is 11.7 Å². The molecule has 3 rings (SSSR count). The molecule has 0 radical (unpaired) electrons. The third-order valence-electron chi connectivity index (χ3n) is 3.95. The summed E-state index contributed by atoms with van der Waals surface area (Å²) in [4.78, 5) is 30.3. The second kappa shape index (κ2) is 7.18. The lowest BCUT2D eigenvalue weighted by atomic mass is 10.2. The van der Waals surface area contributed by atoms with Crippen LogP contribution in [-0.4, -0.2) is 14.7 Å². The van der Waals surface area contributed by atoms with Gasteiger partial charge in [0.25, 0.3) is 5.56 Å². The van der Waals surface area contributed by atoms with Gasteiger partial charge in [0, 0.05) is 23.2 Å². The molecule has 2 aromatic heterocycles. The quantitative estimate of drug-likeness (QED) is 0.591. The van der Waals surface area contributed by atoms with Crippen molar-refractivity contribution in [1.82, 2.24) is 9.13 Å². The van der Waals surface area contributed by atoms with E-state index in [4.69, 9.17) is 4.84 Å². The van der Waals surface area contributed by atoms with E-state index < -0.39 is 28.7 Å². The Labute approximate surface area is 167 Å². The minimum absolute atomic E-state index is 0.141. The molecule has 0 unspecified atom stereocenters. The Morgan fingerprint density at radius 2 is 1.76 bits per heavy atom. The summed E-state index contributed by atoms with van der Waals surface area (Å²) in [7, 11) is 0.974. The Morgan fingerprint density at radius 1 is 1.07 bits per heavy atom. The van der Waals surface area contributed by atoms with Gasteiger partial charge in [-0.2, -0.15) is 13.2 Å². The summed E-state index contributed by atoms with van der Waals surface area (Å²) in [5.74, 6) is 0. The molecule has 29 heavy (non-hydrogen) atoms. The Kier molecular flexibility index (Phi) is 5.16. The van der Waals surface area contributed by atoms with E-state index in [1.807, 2.05) is 26.2 Å². The average Bonchev–Trinajstić information content (AvgIpc) is 2.61. The standard InChI is InChI=1S/C19H18F3N3O3S/c1-18(2,3)28-23-13-7-8-29-14-6-5-11(9-12(13)14)25-16(26)10-15(19(20,21)22)24(4)17(25)27/h5-10H,1-4H3/b23-13+. The first kappa shape index (κ1) is 20.8. The molecular weight excluding hydrogens is 407 g/mol. The predicted octanol–water partition coefficient (Wildman–Crippen LogP) is 3.40. The maximum atomic E-state index is 13.1. The molecule has 0 bridgehead atoms. The number of nitrogens with zero attached hydrogens (tertiary/aromatic N) is 3. The van der Waals surface area contributed by atoms with Gasteiger partial charge in [-0.25, -0.2) is 9.36 Å². The first-order chi connectivity index (χ1) is 13.4. The number of halogens is 3. The maximum Gasteiger partial charge on any atom is 0.431 e. The second-order valence-electron chi connectivity index (χ2n) is 7.32. The number of benzene rings is 1. The largest absolute Gasteiger partial charge is 0.431 e. The molecule has 0 saturated carbocycles. The van der Waals surface area contributed by atoms with Crippen molar-refractivity contribution in [2.45, 2.75) is 32.5 Å². The van der Waals surface area contributed by atoms with Crippen molar-refractivity contribution in [2.75, 3.05) is 0 Å². The summed E-state index contributed by atoms with van der Waals surface area (Å²) in [6.07, 6.45) is -4.81. The number of hydrogen-bond donors (Lipinski definition) is 0. The first-order valence-corrected chi connectivity index (χ1v) is 9.41. The molecule has 6 nitrogen and oxygen atoms in total. The predicted molar refractivity (Wildman–Crippen MR) is 104 cm³/mol. The Morgan fingerprint density at radius 3 is 2.38 bits per heavy atom. The Bertz CT molecular complexity index is 1260. The molecule has 0 saturated heterocycles. The molecule has 0 spiro atoms. The van der Waals surface area contributed by atoms with E-state index in [1.54, 1.807) is 12.1 Å². The van der Waals surface area contributed by atoms with E-state index in [1.165, 1.54) is 23.5 Å². The zero-order valence-electron chi connectivity index (χ0n) is 16.1. The van der Waals surface area contributed by atoms with Crippen molar-refractivity contribution in [3.8, 4) is 5.69 Å². The number of hydrogen-bond acceptors (Lipinski definition) is 5. The van der Waals surface area contributed by atoms with Crippen molar-refractivity contribution < 1.29 is 18.0 Å². The average molecular weight is 425 g/mol. The summed E-state index contributed by atoms with van der Waals surface area (Å²) in [5, 5.41) is 7.04. The van der Waals surface area contributed by atoms with Crippen LogP contribution in [-0.2, 0) is 18.1 Å². The molecule has 0 aliphatic heterocycles. The highest BCUT2D eigenvalue weighted by Gasteiger charge is 2.35. The van der Waals surface area contributed by atoms with Gasteiger partial charge in [0.1, 0.15) is 16.7 Å². The number of rotatable bonds is 2. The fraction of sp³-hybridized carbons (Fsp3) is 0.316. The van der Waals surface area contributed by atoms with Crippen LogP contribution < -0.4 is 16.6 Å². The van der Waals surface area contributed by atoms with E-state index >= 15 is 0 Å². The molecule has 3 aromatic rings. The van der Waals surface area contributed by atoms with Gasteiger partial charge in [-0.15, -0.1) is 11.3 Å². The smallest absolute Gasteiger partial charge is 0.390 e. The van der Waals surface area contributed by atoms with E-state index in [-0.39, 0.29) is 5.69 Å². The third-order valence-corrected chi connectivity index (χ3v) is 4.83. The molecule has 0 aliphatic carbocycles. The van der Waals surface area contributed by atoms with Crippen molar-refractivity contribution in [3.63, 3.8) is 0 Å². The van der Waals surface area contributed by atoms with Gasteiger partial charge >= 0.3 is 11.9 Å². The molecule has 2 heterocycles. The summed E-state index contributed by atoms with van der Waals surface area (Å²) in [6.45, 7) is 5.50. The summed E-state index contributed by atoms with van der Waals surface area (Å²) in [6, 6.07) is 6.84. The van der Waals surface area contributed by atoms with Gasteiger partial charge in [0.05, 0.1) is 5.69 Å². The van der Waals surface area contributed by atoms with Crippen molar-refractivity contribution in [1.29, 1.82) is 0 Å². The van der Waals surface area contributed by atoms with Crippen molar-refractivity contribution in [2.24, 2.45) is 12.2 Å². The summed E-state index contributed by atoms with van der Waals surface area (Å²) < 4.78 is 41.1. The normalized spacial score (nSPS) is 13.1. The van der Waals surface area contributed by atoms with Crippen LogP contribution in [0.15, 0.2) is 50.5 Å². The van der Waals surface area contributed by atoms with Gasteiger partial charge in [0.15, 0.2) is 0 Å². The minimum atomic E-state index is -4.81. The zero-order valence-corrected chi connectivity index (χ0v) is 16.9. The van der Waals surface area contributed by atoms with Gasteiger partial charge in [-0.05, 0) is 50.4 Å². The minimum Gasteiger partial charge on any atom is -0.390 e. The van der Waals surface area contributed by atoms with Crippen molar-refractivity contribution >= 4 is 21.4 Å². The van der Waals surface area contributed by atoms with Crippen LogP contribution in [0.3, 0.4) is 0 Å². The fourth-order valence-corrected chi connectivity index (χ4v) is 3.40.